The molecule has 2 heterocycles. The summed E-state index contributed by atoms with van der Waals surface area (Å²) in [5.41, 5.74) is 0.616. The average Bonchev–Trinajstić information content (AvgIpc) is 2.79. The van der Waals surface area contributed by atoms with Gasteiger partial charge in [-0.25, -0.2) is 0 Å². The molecular formula is C26H32F3N3O2. The van der Waals surface area contributed by atoms with Gasteiger partial charge in [-0.1, -0.05) is 12.1 Å². The van der Waals surface area contributed by atoms with Crippen molar-refractivity contribution in [3.63, 3.8) is 0 Å². The predicted molar refractivity (Wildman–Crippen MR) is 127 cm³/mol. The summed E-state index contributed by atoms with van der Waals surface area (Å²) in [4.78, 5) is 14.8. The van der Waals surface area contributed by atoms with Gasteiger partial charge in [0, 0.05) is 48.7 Å². The molecule has 8 heteroatoms. The van der Waals surface area contributed by atoms with Crippen molar-refractivity contribution < 1.29 is 22.7 Å². The first-order chi connectivity index (χ1) is 16.1. The van der Waals surface area contributed by atoms with Crippen molar-refractivity contribution in [1.82, 2.24) is 5.32 Å². The van der Waals surface area contributed by atoms with Gasteiger partial charge in [0.05, 0.1) is 11.2 Å². The third kappa shape index (κ3) is 6.30. The molecule has 0 spiro atoms. The van der Waals surface area contributed by atoms with Gasteiger partial charge in [0.15, 0.2) is 0 Å². The minimum absolute atomic E-state index is 0.0246. The van der Waals surface area contributed by atoms with Crippen molar-refractivity contribution in [3.05, 3.63) is 59.7 Å². The van der Waals surface area contributed by atoms with Crippen molar-refractivity contribution in [2.24, 2.45) is 0 Å². The molecule has 2 aromatic carbocycles. The number of alkyl halides is 3. The van der Waals surface area contributed by atoms with Crippen LogP contribution in [0.5, 0.6) is 0 Å². The maximum absolute atomic E-state index is 13.0. The third-order valence-corrected chi connectivity index (χ3v) is 6.58. The van der Waals surface area contributed by atoms with E-state index in [1.165, 1.54) is 12.1 Å². The Morgan fingerprint density at radius 2 is 1.76 bits per heavy atom. The molecule has 2 fully saturated rings. The van der Waals surface area contributed by atoms with Gasteiger partial charge >= 0.3 is 6.18 Å². The largest absolute Gasteiger partial charge is 0.416 e. The van der Waals surface area contributed by atoms with Crippen molar-refractivity contribution >= 4 is 17.3 Å². The van der Waals surface area contributed by atoms with Crippen LogP contribution in [0.25, 0.3) is 0 Å². The Bertz CT molecular complexity index is 1000. The van der Waals surface area contributed by atoms with E-state index in [1.807, 2.05) is 18.2 Å². The zero-order valence-electron chi connectivity index (χ0n) is 19.6. The number of nitrogens with one attached hydrogen (secondary N) is 2. The molecule has 0 radical (unpaired) electrons. The zero-order valence-corrected chi connectivity index (χ0v) is 19.6. The second-order valence-electron chi connectivity index (χ2n) is 9.81. The first kappa shape index (κ1) is 24.5. The second kappa shape index (κ2) is 9.96. The molecule has 0 unspecified atom stereocenters. The molecule has 2 N–H and O–H groups in total. The van der Waals surface area contributed by atoms with E-state index in [0.717, 1.165) is 63.2 Å². The van der Waals surface area contributed by atoms with E-state index in [-0.39, 0.29) is 11.2 Å². The summed E-state index contributed by atoms with van der Waals surface area (Å²) >= 11 is 0. The van der Waals surface area contributed by atoms with Crippen LogP contribution in [0.2, 0.25) is 0 Å². The number of ether oxygens (including phenoxy) is 1. The molecule has 1 atom stereocenters. The molecule has 2 aromatic rings. The van der Waals surface area contributed by atoms with E-state index >= 15 is 0 Å². The van der Waals surface area contributed by atoms with Crippen molar-refractivity contribution in [3.8, 4) is 0 Å². The number of carbonyl (C=O) groups excluding carboxylic acids is 1. The zero-order chi connectivity index (χ0) is 24.3. The first-order valence-electron chi connectivity index (χ1n) is 11.8. The number of piperidine rings is 1. The van der Waals surface area contributed by atoms with E-state index < -0.39 is 17.6 Å². The molecule has 0 bridgehead atoms. The summed E-state index contributed by atoms with van der Waals surface area (Å²) in [5.74, 6) is -0.564. The monoisotopic (exact) mass is 475 g/mol. The Morgan fingerprint density at radius 3 is 2.47 bits per heavy atom. The lowest BCUT2D eigenvalue weighted by molar-refractivity contribution is -0.137. The molecule has 184 valence electrons. The van der Waals surface area contributed by atoms with Crippen LogP contribution >= 0.6 is 0 Å². The maximum atomic E-state index is 13.0. The highest BCUT2D eigenvalue weighted by atomic mass is 19.4. The average molecular weight is 476 g/mol. The van der Waals surface area contributed by atoms with Crippen molar-refractivity contribution in [1.29, 1.82) is 0 Å². The maximum Gasteiger partial charge on any atom is 0.416 e. The SMILES string of the molecule is CC1(C)C[C@H](NC2CCN(c3cccc(NC(=O)c4cccc(C(F)(F)F)c4)c3)CC2)CCO1. The van der Waals surface area contributed by atoms with E-state index in [9.17, 15) is 18.0 Å². The molecule has 2 aliphatic rings. The van der Waals surface area contributed by atoms with Gasteiger partial charge in [-0.3, -0.25) is 4.79 Å². The Morgan fingerprint density at radius 1 is 1.03 bits per heavy atom. The predicted octanol–water partition coefficient (Wildman–Crippen LogP) is 5.47. The van der Waals surface area contributed by atoms with Crippen LogP contribution in [-0.4, -0.2) is 43.3 Å². The molecule has 0 aromatic heterocycles. The number of amides is 1. The highest BCUT2D eigenvalue weighted by molar-refractivity contribution is 6.04. The molecule has 1 amide bonds. The molecule has 5 nitrogen and oxygen atoms in total. The minimum atomic E-state index is -4.49. The number of anilines is 2. The normalized spacial score (nSPS) is 21.3. The van der Waals surface area contributed by atoms with Crippen LogP contribution in [0, 0.1) is 0 Å². The Balaban J connectivity index is 1.33. The van der Waals surface area contributed by atoms with Gasteiger partial charge in [-0.15, -0.1) is 0 Å². The Labute approximate surface area is 198 Å². The number of hydrogen-bond donors (Lipinski definition) is 2. The molecule has 2 saturated heterocycles. The number of benzene rings is 2. The summed E-state index contributed by atoms with van der Waals surface area (Å²) in [5, 5.41) is 6.54. The van der Waals surface area contributed by atoms with E-state index in [2.05, 4.69) is 29.4 Å². The highest BCUT2D eigenvalue weighted by Crippen LogP contribution is 2.30. The minimum Gasteiger partial charge on any atom is -0.375 e. The number of hydrogen-bond acceptors (Lipinski definition) is 4. The fourth-order valence-corrected chi connectivity index (χ4v) is 4.83. The van der Waals surface area contributed by atoms with Gasteiger partial charge in [0.2, 0.25) is 0 Å². The van der Waals surface area contributed by atoms with Gasteiger partial charge < -0.3 is 20.3 Å². The van der Waals surface area contributed by atoms with Gasteiger partial charge in [-0.2, -0.15) is 13.2 Å². The van der Waals surface area contributed by atoms with Crippen LogP contribution in [0.1, 0.15) is 55.5 Å². The lowest BCUT2D eigenvalue weighted by Crippen LogP contribution is -2.50. The quantitative estimate of drug-likeness (QED) is 0.602. The summed E-state index contributed by atoms with van der Waals surface area (Å²) < 4.78 is 44.7. The number of halogens is 3. The van der Waals surface area contributed by atoms with Crippen LogP contribution in [0.15, 0.2) is 48.5 Å². The molecule has 4 rings (SSSR count). The highest BCUT2D eigenvalue weighted by Gasteiger charge is 2.32. The summed E-state index contributed by atoms with van der Waals surface area (Å²) in [6, 6.07) is 12.9. The van der Waals surface area contributed by atoms with Crippen molar-refractivity contribution in [2.45, 2.75) is 63.4 Å². The standard InChI is InChI=1S/C26H32F3N3O2/c1-25(2)17-22(11-14-34-25)30-20-9-12-32(13-10-20)23-8-4-7-21(16-23)31-24(33)18-5-3-6-19(15-18)26(27,28)29/h3-8,15-16,20,22,30H,9-14,17H2,1-2H3,(H,31,33)/t22-/m1/s1. The van der Waals surface area contributed by atoms with Gasteiger partial charge in [0.25, 0.3) is 5.91 Å². The van der Waals surface area contributed by atoms with Crippen LogP contribution in [0.3, 0.4) is 0 Å². The summed E-state index contributed by atoms with van der Waals surface area (Å²) in [6.07, 6.45) is -0.381. The van der Waals surface area contributed by atoms with Crippen LogP contribution < -0.4 is 15.5 Å². The fraction of sp³-hybridized carbons (Fsp3) is 0.500. The Hall–Kier alpha value is -2.58. The van der Waals surface area contributed by atoms with Crippen LogP contribution in [-0.2, 0) is 10.9 Å². The van der Waals surface area contributed by atoms with Gasteiger partial charge in [0.1, 0.15) is 0 Å². The number of nitrogens with zero attached hydrogens (tertiary/aromatic N) is 1. The van der Waals surface area contributed by atoms with Gasteiger partial charge in [-0.05, 0) is 75.9 Å². The molecule has 2 aliphatic heterocycles. The lowest BCUT2D eigenvalue weighted by Gasteiger charge is -2.40. The third-order valence-electron chi connectivity index (χ3n) is 6.58. The van der Waals surface area contributed by atoms with E-state index in [1.54, 1.807) is 6.07 Å². The Kier molecular flexibility index (Phi) is 7.19. The smallest absolute Gasteiger partial charge is 0.375 e. The first-order valence-corrected chi connectivity index (χ1v) is 11.8. The molecule has 0 aliphatic carbocycles. The summed E-state index contributed by atoms with van der Waals surface area (Å²) in [7, 11) is 0. The molecular weight excluding hydrogens is 443 g/mol. The fourth-order valence-electron chi connectivity index (χ4n) is 4.83. The topological polar surface area (TPSA) is 53.6 Å². The number of rotatable bonds is 5. The summed E-state index contributed by atoms with van der Waals surface area (Å²) in [6.45, 7) is 6.87. The van der Waals surface area contributed by atoms with E-state index in [4.69, 9.17) is 4.74 Å². The van der Waals surface area contributed by atoms with E-state index in [0.29, 0.717) is 17.8 Å². The van der Waals surface area contributed by atoms with Crippen molar-refractivity contribution in [2.75, 3.05) is 29.9 Å². The molecule has 0 saturated carbocycles. The number of carbonyl (C=O) groups is 1. The second-order valence-corrected chi connectivity index (χ2v) is 9.81. The molecule has 34 heavy (non-hydrogen) atoms. The van der Waals surface area contributed by atoms with Crippen LogP contribution in [0.4, 0.5) is 24.5 Å². The lowest BCUT2D eigenvalue weighted by atomic mass is 9.92.